The van der Waals surface area contributed by atoms with Crippen molar-refractivity contribution in [3.05, 3.63) is 41.4 Å². The molecule has 2 rings (SSSR count). The summed E-state index contributed by atoms with van der Waals surface area (Å²) in [6, 6.07) is 7.58. The second-order valence-electron chi connectivity index (χ2n) is 5.56. The zero-order valence-corrected chi connectivity index (χ0v) is 12.3. The Balaban J connectivity index is 1.99. The lowest BCUT2D eigenvalue weighted by Crippen LogP contribution is -2.37. The van der Waals surface area contributed by atoms with Gasteiger partial charge in [0.05, 0.1) is 6.20 Å². The molecule has 1 aromatic carbocycles. The van der Waals surface area contributed by atoms with Crippen molar-refractivity contribution in [1.29, 1.82) is 0 Å². The summed E-state index contributed by atoms with van der Waals surface area (Å²) >= 11 is 5.96. The minimum Gasteiger partial charge on any atom is -0.441 e. The van der Waals surface area contributed by atoms with Crippen LogP contribution in [0.25, 0.3) is 11.3 Å². The highest BCUT2D eigenvalue weighted by molar-refractivity contribution is 6.30. The zero-order chi connectivity index (χ0) is 13.9. The summed E-state index contributed by atoms with van der Waals surface area (Å²) in [4.78, 5) is 4.29. The van der Waals surface area contributed by atoms with Crippen LogP contribution in [0, 0.1) is 0 Å². The number of rotatable bonds is 4. The largest absolute Gasteiger partial charge is 0.441 e. The van der Waals surface area contributed by atoms with Gasteiger partial charge in [-0.05, 0) is 32.9 Å². The quantitative estimate of drug-likeness (QED) is 0.921. The van der Waals surface area contributed by atoms with Gasteiger partial charge in [-0.25, -0.2) is 4.98 Å². The van der Waals surface area contributed by atoms with E-state index in [0.29, 0.717) is 5.02 Å². The second-order valence-corrected chi connectivity index (χ2v) is 5.99. The minimum atomic E-state index is 0.113. The molecule has 1 N–H and O–H groups in total. The first-order valence-corrected chi connectivity index (χ1v) is 6.77. The summed E-state index contributed by atoms with van der Waals surface area (Å²) in [5.41, 5.74) is 1.07. The lowest BCUT2D eigenvalue weighted by atomic mass is 10.1. The van der Waals surface area contributed by atoms with Crippen LogP contribution in [-0.4, -0.2) is 17.1 Å². The molecule has 102 valence electrons. The Kier molecular flexibility index (Phi) is 4.27. The van der Waals surface area contributed by atoms with Gasteiger partial charge in [0.1, 0.15) is 0 Å². The van der Waals surface area contributed by atoms with Gasteiger partial charge in [0.25, 0.3) is 0 Å². The molecule has 0 aliphatic carbocycles. The molecule has 0 aliphatic heterocycles. The van der Waals surface area contributed by atoms with Gasteiger partial charge in [-0.2, -0.15) is 0 Å². The Morgan fingerprint density at radius 1 is 1.32 bits per heavy atom. The Bertz CT molecular complexity index is 543. The Labute approximate surface area is 119 Å². The minimum absolute atomic E-state index is 0.113. The van der Waals surface area contributed by atoms with E-state index in [1.54, 1.807) is 6.20 Å². The molecule has 0 unspecified atom stereocenters. The molecular formula is C15H19ClN2O. The SMILES string of the molecule is CC(C)(C)NCCc1ncc(-c2cccc(Cl)c2)o1. The number of aromatic nitrogens is 1. The van der Waals surface area contributed by atoms with Gasteiger partial charge in [0.15, 0.2) is 11.7 Å². The fraction of sp³-hybridized carbons (Fsp3) is 0.400. The first-order valence-electron chi connectivity index (χ1n) is 6.40. The highest BCUT2D eigenvalue weighted by atomic mass is 35.5. The van der Waals surface area contributed by atoms with Gasteiger partial charge < -0.3 is 9.73 Å². The molecule has 3 nitrogen and oxygen atoms in total. The van der Waals surface area contributed by atoms with Gasteiger partial charge in [-0.1, -0.05) is 23.7 Å². The number of halogens is 1. The average Bonchev–Trinajstić information content (AvgIpc) is 2.76. The fourth-order valence-electron chi connectivity index (χ4n) is 1.75. The van der Waals surface area contributed by atoms with Crippen LogP contribution < -0.4 is 5.32 Å². The summed E-state index contributed by atoms with van der Waals surface area (Å²) in [6.07, 6.45) is 2.52. The highest BCUT2D eigenvalue weighted by Gasteiger charge is 2.10. The zero-order valence-electron chi connectivity index (χ0n) is 11.5. The lowest BCUT2D eigenvalue weighted by Gasteiger charge is -2.19. The average molecular weight is 279 g/mol. The van der Waals surface area contributed by atoms with E-state index in [-0.39, 0.29) is 5.54 Å². The highest BCUT2D eigenvalue weighted by Crippen LogP contribution is 2.23. The summed E-state index contributed by atoms with van der Waals surface area (Å²) in [5.74, 6) is 1.50. The molecule has 4 heteroatoms. The van der Waals surface area contributed by atoms with E-state index in [4.69, 9.17) is 16.0 Å². The van der Waals surface area contributed by atoms with Crippen molar-refractivity contribution in [1.82, 2.24) is 10.3 Å². The lowest BCUT2D eigenvalue weighted by molar-refractivity contribution is 0.412. The van der Waals surface area contributed by atoms with Crippen LogP contribution in [0.2, 0.25) is 5.02 Å². The fourth-order valence-corrected chi connectivity index (χ4v) is 1.94. The monoisotopic (exact) mass is 278 g/mol. The van der Waals surface area contributed by atoms with Gasteiger partial charge in [-0.15, -0.1) is 0 Å². The topological polar surface area (TPSA) is 38.1 Å². The summed E-state index contributed by atoms with van der Waals surface area (Å²) in [7, 11) is 0. The molecule has 1 heterocycles. The standard InChI is InChI=1S/C15H19ClN2O/c1-15(2,3)18-8-7-14-17-10-13(19-14)11-5-4-6-12(16)9-11/h4-6,9-10,18H,7-8H2,1-3H3. The third-order valence-corrected chi connectivity index (χ3v) is 2.89. The van der Waals surface area contributed by atoms with E-state index in [1.165, 1.54) is 0 Å². The van der Waals surface area contributed by atoms with E-state index in [0.717, 1.165) is 30.2 Å². The van der Waals surface area contributed by atoms with Crippen molar-refractivity contribution in [2.75, 3.05) is 6.54 Å². The number of nitrogens with zero attached hydrogens (tertiary/aromatic N) is 1. The molecule has 0 atom stereocenters. The molecule has 2 aromatic rings. The Morgan fingerprint density at radius 3 is 2.79 bits per heavy atom. The maximum atomic E-state index is 5.96. The summed E-state index contributed by atoms with van der Waals surface area (Å²) < 4.78 is 5.73. The number of oxazole rings is 1. The van der Waals surface area contributed by atoms with Gasteiger partial charge in [0.2, 0.25) is 0 Å². The van der Waals surface area contributed by atoms with E-state index in [9.17, 15) is 0 Å². The first-order chi connectivity index (χ1) is 8.94. The van der Waals surface area contributed by atoms with Crippen LogP contribution in [0.4, 0.5) is 0 Å². The van der Waals surface area contributed by atoms with Crippen LogP contribution >= 0.6 is 11.6 Å². The molecule has 19 heavy (non-hydrogen) atoms. The third-order valence-electron chi connectivity index (χ3n) is 2.66. The molecule has 0 spiro atoms. The van der Waals surface area contributed by atoms with Gasteiger partial charge in [0, 0.05) is 29.1 Å². The van der Waals surface area contributed by atoms with Crippen molar-refractivity contribution < 1.29 is 4.42 Å². The van der Waals surface area contributed by atoms with Crippen molar-refractivity contribution in [2.24, 2.45) is 0 Å². The maximum absolute atomic E-state index is 5.96. The van der Waals surface area contributed by atoms with E-state index in [2.05, 4.69) is 31.1 Å². The van der Waals surface area contributed by atoms with E-state index >= 15 is 0 Å². The predicted molar refractivity (Wildman–Crippen MR) is 78.4 cm³/mol. The smallest absolute Gasteiger partial charge is 0.196 e. The Morgan fingerprint density at radius 2 is 2.11 bits per heavy atom. The molecule has 0 radical (unpaired) electrons. The third kappa shape index (κ3) is 4.37. The van der Waals surface area contributed by atoms with Crippen molar-refractivity contribution in [3.8, 4) is 11.3 Å². The molecule has 0 aliphatic rings. The van der Waals surface area contributed by atoms with Crippen LogP contribution in [-0.2, 0) is 6.42 Å². The summed E-state index contributed by atoms with van der Waals surface area (Å²) in [5, 5.41) is 4.11. The Hall–Kier alpha value is -1.32. The van der Waals surface area contributed by atoms with Crippen molar-refractivity contribution in [3.63, 3.8) is 0 Å². The van der Waals surface area contributed by atoms with Crippen LogP contribution in [0.3, 0.4) is 0 Å². The second kappa shape index (κ2) is 5.76. The number of hydrogen-bond donors (Lipinski definition) is 1. The number of nitrogens with one attached hydrogen (secondary N) is 1. The predicted octanol–water partition coefficient (Wildman–Crippen LogP) is 3.93. The van der Waals surface area contributed by atoms with E-state index in [1.807, 2.05) is 24.3 Å². The van der Waals surface area contributed by atoms with E-state index < -0.39 is 0 Å². The molecule has 0 saturated carbocycles. The van der Waals surface area contributed by atoms with Crippen LogP contribution in [0.1, 0.15) is 26.7 Å². The number of benzene rings is 1. The van der Waals surface area contributed by atoms with Gasteiger partial charge in [-0.3, -0.25) is 0 Å². The number of hydrogen-bond acceptors (Lipinski definition) is 3. The normalized spacial score (nSPS) is 11.8. The molecule has 0 amide bonds. The van der Waals surface area contributed by atoms with Crippen molar-refractivity contribution >= 4 is 11.6 Å². The molecule has 0 saturated heterocycles. The van der Waals surface area contributed by atoms with Crippen molar-refractivity contribution in [2.45, 2.75) is 32.7 Å². The molecule has 0 fully saturated rings. The molecular weight excluding hydrogens is 260 g/mol. The first kappa shape index (κ1) is 14.1. The van der Waals surface area contributed by atoms with Gasteiger partial charge >= 0.3 is 0 Å². The molecule has 1 aromatic heterocycles. The van der Waals surface area contributed by atoms with Crippen LogP contribution in [0.5, 0.6) is 0 Å². The summed E-state index contributed by atoms with van der Waals surface area (Å²) in [6.45, 7) is 7.26. The molecule has 0 bridgehead atoms. The maximum Gasteiger partial charge on any atom is 0.196 e. The van der Waals surface area contributed by atoms with Crippen LogP contribution in [0.15, 0.2) is 34.9 Å².